The van der Waals surface area contributed by atoms with Crippen molar-refractivity contribution in [3.8, 4) is 17.2 Å². The molecule has 1 unspecified atom stereocenters. The van der Waals surface area contributed by atoms with Gasteiger partial charge in [-0.25, -0.2) is 0 Å². The van der Waals surface area contributed by atoms with Crippen LogP contribution in [0.1, 0.15) is 27.5 Å². The number of phenols is 1. The number of phenolic OH excluding ortho intramolecular Hbond substituents is 1. The van der Waals surface area contributed by atoms with E-state index in [4.69, 9.17) is 21.1 Å². The molecule has 6 nitrogen and oxygen atoms in total. The Morgan fingerprint density at radius 1 is 1.00 bits per heavy atom. The number of carbonyl (C=O) groups excluding carboxylic acids is 1. The van der Waals surface area contributed by atoms with Gasteiger partial charge in [0.15, 0.2) is 0 Å². The van der Waals surface area contributed by atoms with E-state index in [1.165, 1.54) is 7.11 Å². The molecule has 2 N–H and O–H groups in total. The average Bonchev–Trinajstić information content (AvgIpc) is 2.85. The number of carbonyl (C=O) groups is 1. The van der Waals surface area contributed by atoms with Crippen molar-refractivity contribution in [2.24, 2.45) is 0 Å². The molecule has 1 amide bonds. The van der Waals surface area contributed by atoms with E-state index in [0.717, 1.165) is 0 Å². The van der Waals surface area contributed by atoms with Crippen LogP contribution in [0.25, 0.3) is 10.9 Å². The average molecular weight is 449 g/mol. The highest BCUT2D eigenvalue weighted by atomic mass is 35.5. The Labute approximate surface area is 190 Å². The van der Waals surface area contributed by atoms with Crippen LogP contribution in [0.15, 0.2) is 72.9 Å². The summed E-state index contributed by atoms with van der Waals surface area (Å²) in [5.74, 6) is 0.704. The summed E-state index contributed by atoms with van der Waals surface area (Å²) in [4.78, 5) is 17.5. The van der Waals surface area contributed by atoms with Crippen LogP contribution >= 0.6 is 11.6 Å². The number of aromatic nitrogens is 1. The highest BCUT2D eigenvalue weighted by Gasteiger charge is 2.26. The molecule has 0 aliphatic rings. The summed E-state index contributed by atoms with van der Waals surface area (Å²) in [5, 5.41) is 15.1. The van der Waals surface area contributed by atoms with Gasteiger partial charge in [-0.2, -0.15) is 0 Å². The third-order valence-electron chi connectivity index (χ3n) is 5.21. The standard InChI is InChI=1S/C25H21ClN2O4/c1-31-16-8-5-7-15(13-16)25(30)28-22(18-9-3-4-11-21(18)32-2)19-14-20(26)17-10-6-12-27-23(17)24(19)29/h3-14,22,29H,1-2H3,(H,28,30). The van der Waals surface area contributed by atoms with E-state index >= 15 is 0 Å². The zero-order valence-corrected chi connectivity index (χ0v) is 18.3. The molecule has 1 atom stereocenters. The monoisotopic (exact) mass is 448 g/mol. The fourth-order valence-corrected chi connectivity index (χ4v) is 3.90. The molecule has 0 aliphatic carbocycles. The Hall–Kier alpha value is -3.77. The number of nitrogens with one attached hydrogen (secondary N) is 1. The topological polar surface area (TPSA) is 80.7 Å². The summed E-state index contributed by atoms with van der Waals surface area (Å²) in [6.07, 6.45) is 1.58. The maximum absolute atomic E-state index is 13.2. The predicted octanol–water partition coefficient (Wildman–Crippen LogP) is 5.13. The minimum atomic E-state index is -0.756. The van der Waals surface area contributed by atoms with E-state index in [2.05, 4.69) is 10.3 Å². The Bertz CT molecular complexity index is 1290. The van der Waals surface area contributed by atoms with Gasteiger partial charge in [-0.1, -0.05) is 35.9 Å². The molecule has 0 aliphatic heterocycles. The molecule has 0 saturated carbocycles. The van der Waals surface area contributed by atoms with Gasteiger partial charge >= 0.3 is 0 Å². The minimum Gasteiger partial charge on any atom is -0.505 e. The first-order valence-corrected chi connectivity index (χ1v) is 10.2. The van der Waals surface area contributed by atoms with Gasteiger partial charge in [0, 0.05) is 28.3 Å². The normalized spacial score (nSPS) is 11.7. The van der Waals surface area contributed by atoms with Gasteiger partial charge in [0.1, 0.15) is 22.8 Å². The van der Waals surface area contributed by atoms with Gasteiger partial charge < -0.3 is 19.9 Å². The van der Waals surface area contributed by atoms with Crippen LogP contribution in [0.4, 0.5) is 0 Å². The number of aromatic hydroxyl groups is 1. The van der Waals surface area contributed by atoms with Crippen molar-refractivity contribution >= 4 is 28.4 Å². The Balaban J connectivity index is 1.86. The van der Waals surface area contributed by atoms with Crippen molar-refractivity contribution in [2.75, 3.05) is 14.2 Å². The first kappa shape index (κ1) is 21.5. The molecule has 4 rings (SSSR count). The zero-order valence-electron chi connectivity index (χ0n) is 17.5. The zero-order chi connectivity index (χ0) is 22.7. The number of hydrogen-bond donors (Lipinski definition) is 2. The van der Waals surface area contributed by atoms with Crippen LogP contribution in [-0.4, -0.2) is 30.2 Å². The van der Waals surface area contributed by atoms with Crippen molar-refractivity contribution in [3.63, 3.8) is 0 Å². The number of rotatable bonds is 6. The number of nitrogens with zero attached hydrogens (tertiary/aromatic N) is 1. The lowest BCUT2D eigenvalue weighted by atomic mass is 9.95. The largest absolute Gasteiger partial charge is 0.505 e. The Kier molecular flexibility index (Phi) is 6.14. The molecule has 0 spiro atoms. The van der Waals surface area contributed by atoms with Crippen LogP contribution in [0.5, 0.6) is 17.2 Å². The number of benzene rings is 3. The number of hydrogen-bond acceptors (Lipinski definition) is 5. The third-order valence-corrected chi connectivity index (χ3v) is 5.53. The second-order valence-corrected chi connectivity index (χ2v) is 7.48. The fourth-order valence-electron chi connectivity index (χ4n) is 3.63. The van der Waals surface area contributed by atoms with Crippen LogP contribution in [-0.2, 0) is 0 Å². The molecule has 0 saturated heterocycles. The summed E-state index contributed by atoms with van der Waals surface area (Å²) < 4.78 is 10.8. The summed E-state index contributed by atoms with van der Waals surface area (Å²) in [5.41, 5.74) is 1.83. The quantitative estimate of drug-likeness (QED) is 0.427. The first-order chi connectivity index (χ1) is 15.5. The predicted molar refractivity (Wildman–Crippen MR) is 124 cm³/mol. The molecule has 1 aromatic heterocycles. The molecule has 32 heavy (non-hydrogen) atoms. The SMILES string of the molecule is COc1cccc(C(=O)NC(c2ccccc2OC)c2cc(Cl)c3cccnc3c2O)c1. The number of pyridine rings is 1. The lowest BCUT2D eigenvalue weighted by Crippen LogP contribution is -2.29. The number of para-hydroxylation sites is 1. The Morgan fingerprint density at radius 2 is 1.81 bits per heavy atom. The molecular formula is C25H21ClN2O4. The number of ether oxygens (including phenoxy) is 2. The van der Waals surface area contributed by atoms with Crippen molar-refractivity contribution < 1.29 is 19.4 Å². The molecule has 1 heterocycles. The van der Waals surface area contributed by atoms with Crippen molar-refractivity contribution in [1.29, 1.82) is 0 Å². The van der Waals surface area contributed by atoms with Gasteiger partial charge in [-0.3, -0.25) is 9.78 Å². The highest BCUT2D eigenvalue weighted by Crippen LogP contribution is 2.40. The summed E-state index contributed by atoms with van der Waals surface area (Å²) in [6.45, 7) is 0. The third kappa shape index (κ3) is 4.05. The van der Waals surface area contributed by atoms with Crippen LogP contribution in [0.2, 0.25) is 5.02 Å². The number of amides is 1. The number of halogens is 1. The van der Waals surface area contributed by atoms with Gasteiger partial charge in [0.2, 0.25) is 0 Å². The molecule has 0 fully saturated rings. The van der Waals surface area contributed by atoms with Gasteiger partial charge in [0.05, 0.1) is 25.3 Å². The molecular weight excluding hydrogens is 428 g/mol. The maximum Gasteiger partial charge on any atom is 0.252 e. The molecule has 162 valence electrons. The van der Waals surface area contributed by atoms with Crippen molar-refractivity contribution in [2.45, 2.75) is 6.04 Å². The summed E-state index contributed by atoms with van der Waals surface area (Å²) >= 11 is 6.52. The van der Waals surface area contributed by atoms with E-state index in [0.29, 0.717) is 44.1 Å². The van der Waals surface area contributed by atoms with Gasteiger partial charge in [-0.15, -0.1) is 0 Å². The first-order valence-electron chi connectivity index (χ1n) is 9.87. The summed E-state index contributed by atoms with van der Waals surface area (Å²) in [7, 11) is 3.09. The molecule has 0 bridgehead atoms. The van der Waals surface area contributed by atoms with Crippen LogP contribution in [0, 0.1) is 0 Å². The summed E-state index contributed by atoms with van der Waals surface area (Å²) in [6, 6.07) is 18.5. The van der Waals surface area contributed by atoms with E-state index in [1.807, 2.05) is 18.2 Å². The lowest BCUT2D eigenvalue weighted by molar-refractivity contribution is 0.0942. The van der Waals surface area contributed by atoms with Crippen LogP contribution in [0.3, 0.4) is 0 Å². The number of fused-ring (bicyclic) bond motifs is 1. The molecule has 0 radical (unpaired) electrons. The number of methoxy groups -OCH3 is 2. The minimum absolute atomic E-state index is 0.0631. The molecule has 3 aromatic carbocycles. The lowest BCUT2D eigenvalue weighted by Gasteiger charge is -2.23. The smallest absolute Gasteiger partial charge is 0.252 e. The Morgan fingerprint density at radius 3 is 2.59 bits per heavy atom. The van der Waals surface area contributed by atoms with Crippen molar-refractivity contribution in [3.05, 3.63) is 94.6 Å². The second-order valence-electron chi connectivity index (χ2n) is 7.08. The van der Waals surface area contributed by atoms with Crippen molar-refractivity contribution in [1.82, 2.24) is 10.3 Å². The highest BCUT2D eigenvalue weighted by molar-refractivity contribution is 6.35. The fraction of sp³-hybridized carbons (Fsp3) is 0.120. The second kappa shape index (κ2) is 9.16. The van der Waals surface area contributed by atoms with E-state index in [1.54, 1.807) is 61.8 Å². The van der Waals surface area contributed by atoms with Crippen LogP contribution < -0.4 is 14.8 Å². The molecule has 4 aromatic rings. The van der Waals surface area contributed by atoms with E-state index < -0.39 is 6.04 Å². The molecule has 7 heteroatoms. The van der Waals surface area contributed by atoms with E-state index in [9.17, 15) is 9.90 Å². The maximum atomic E-state index is 13.2. The van der Waals surface area contributed by atoms with Gasteiger partial charge in [-0.05, 0) is 42.5 Å². The van der Waals surface area contributed by atoms with Gasteiger partial charge in [0.25, 0.3) is 5.91 Å². The van der Waals surface area contributed by atoms with E-state index in [-0.39, 0.29) is 11.7 Å².